The molecule has 142 valence electrons. The van der Waals surface area contributed by atoms with E-state index in [9.17, 15) is 0 Å². The summed E-state index contributed by atoms with van der Waals surface area (Å²) >= 11 is 12.3. The molecule has 4 rings (SSSR count). The van der Waals surface area contributed by atoms with Gasteiger partial charge in [0.1, 0.15) is 5.82 Å². The van der Waals surface area contributed by atoms with Crippen molar-refractivity contribution in [2.45, 2.75) is 26.7 Å². The van der Waals surface area contributed by atoms with Crippen LogP contribution in [0.15, 0.2) is 54.6 Å². The molecule has 2 aromatic heterocycles. The fraction of sp³-hybridized carbons (Fsp3) is 0.182. The molecule has 28 heavy (non-hydrogen) atoms. The zero-order valence-corrected chi connectivity index (χ0v) is 17.2. The second kappa shape index (κ2) is 7.82. The third kappa shape index (κ3) is 3.71. The van der Waals surface area contributed by atoms with Crippen LogP contribution < -0.4 is 5.32 Å². The molecule has 0 bridgehead atoms. The summed E-state index contributed by atoms with van der Waals surface area (Å²) in [4.78, 5) is 4.91. The number of nitrogens with one attached hydrogen (secondary N) is 1. The average Bonchev–Trinajstić information content (AvgIpc) is 2.98. The minimum absolute atomic E-state index is 0.579. The van der Waals surface area contributed by atoms with Crippen LogP contribution >= 0.6 is 23.2 Å². The van der Waals surface area contributed by atoms with Gasteiger partial charge in [-0.3, -0.25) is 0 Å². The molecule has 0 atom stereocenters. The summed E-state index contributed by atoms with van der Waals surface area (Å²) in [5.74, 6) is 0.831. The van der Waals surface area contributed by atoms with E-state index < -0.39 is 0 Å². The highest BCUT2D eigenvalue weighted by Gasteiger charge is 2.17. The fourth-order valence-corrected chi connectivity index (χ4v) is 3.89. The van der Waals surface area contributed by atoms with E-state index in [1.54, 1.807) is 6.07 Å². The minimum Gasteiger partial charge on any atom is -0.340 e. The van der Waals surface area contributed by atoms with Crippen LogP contribution in [0.2, 0.25) is 10.0 Å². The van der Waals surface area contributed by atoms with Gasteiger partial charge >= 0.3 is 0 Å². The lowest BCUT2D eigenvalue weighted by Crippen LogP contribution is -2.04. The molecular formula is C22H20Cl2N4. The largest absolute Gasteiger partial charge is 0.340 e. The highest BCUT2D eigenvalue weighted by Crippen LogP contribution is 2.31. The maximum Gasteiger partial charge on any atom is 0.165 e. The Balaban J connectivity index is 1.90. The van der Waals surface area contributed by atoms with Crippen LogP contribution in [0.25, 0.3) is 16.8 Å². The predicted molar refractivity (Wildman–Crippen MR) is 117 cm³/mol. The number of nitrogens with zero attached hydrogens (tertiary/aromatic N) is 3. The van der Waals surface area contributed by atoms with Crippen molar-refractivity contribution in [2.75, 3.05) is 5.32 Å². The molecule has 0 saturated heterocycles. The van der Waals surface area contributed by atoms with Gasteiger partial charge in [-0.15, -0.1) is 0 Å². The van der Waals surface area contributed by atoms with Gasteiger partial charge in [0, 0.05) is 33.1 Å². The normalized spacial score (nSPS) is 11.1. The van der Waals surface area contributed by atoms with Crippen LogP contribution in [0.5, 0.6) is 0 Å². The molecule has 0 aliphatic heterocycles. The van der Waals surface area contributed by atoms with Crippen molar-refractivity contribution in [1.29, 1.82) is 0 Å². The van der Waals surface area contributed by atoms with Crippen molar-refractivity contribution in [3.63, 3.8) is 0 Å². The second-order valence-corrected chi connectivity index (χ2v) is 7.60. The summed E-state index contributed by atoms with van der Waals surface area (Å²) in [6, 6.07) is 17.7. The van der Waals surface area contributed by atoms with Crippen molar-refractivity contribution in [1.82, 2.24) is 14.6 Å². The summed E-state index contributed by atoms with van der Waals surface area (Å²) < 4.78 is 1.85. The molecule has 0 spiro atoms. The van der Waals surface area contributed by atoms with Crippen LogP contribution in [0.3, 0.4) is 0 Å². The number of halogens is 2. The Morgan fingerprint density at radius 1 is 1.00 bits per heavy atom. The summed E-state index contributed by atoms with van der Waals surface area (Å²) in [5.41, 5.74) is 5.74. The third-order valence-electron chi connectivity index (χ3n) is 4.52. The molecule has 0 amide bonds. The van der Waals surface area contributed by atoms with E-state index in [1.807, 2.05) is 47.8 Å². The Hall–Kier alpha value is -2.56. The van der Waals surface area contributed by atoms with E-state index in [1.165, 1.54) is 0 Å². The summed E-state index contributed by atoms with van der Waals surface area (Å²) in [6.07, 6.45) is 1.90. The van der Waals surface area contributed by atoms with Gasteiger partial charge in [-0.05, 0) is 37.1 Å². The first-order valence-corrected chi connectivity index (χ1v) is 9.98. The molecular weight excluding hydrogens is 391 g/mol. The monoisotopic (exact) mass is 410 g/mol. The first-order chi connectivity index (χ1) is 13.5. The smallest absolute Gasteiger partial charge is 0.165 e. The first-order valence-electron chi connectivity index (χ1n) is 9.23. The number of benzene rings is 2. The lowest BCUT2D eigenvalue weighted by atomic mass is 10.1. The maximum absolute atomic E-state index is 6.17. The van der Waals surface area contributed by atoms with Gasteiger partial charge in [0.2, 0.25) is 0 Å². The Morgan fingerprint density at radius 3 is 2.39 bits per heavy atom. The van der Waals surface area contributed by atoms with Crippen LogP contribution in [0.1, 0.15) is 24.7 Å². The van der Waals surface area contributed by atoms with Gasteiger partial charge in [-0.2, -0.15) is 9.61 Å². The molecule has 6 heteroatoms. The molecule has 0 unspecified atom stereocenters. The highest BCUT2D eigenvalue weighted by molar-refractivity contribution is 6.35. The van der Waals surface area contributed by atoms with Crippen LogP contribution in [-0.4, -0.2) is 14.6 Å². The molecule has 0 aliphatic carbocycles. The molecule has 0 radical (unpaired) electrons. The lowest BCUT2D eigenvalue weighted by molar-refractivity contribution is 0.858. The number of aryl methyl sites for hydroxylation is 2. The van der Waals surface area contributed by atoms with E-state index in [0.29, 0.717) is 10.0 Å². The maximum atomic E-state index is 6.17. The van der Waals surface area contributed by atoms with Crippen molar-refractivity contribution >= 4 is 40.4 Å². The number of rotatable bonds is 5. The van der Waals surface area contributed by atoms with Gasteiger partial charge in [0.25, 0.3) is 0 Å². The number of hydrogen-bond acceptors (Lipinski definition) is 3. The molecule has 0 saturated carbocycles. The van der Waals surface area contributed by atoms with Crippen molar-refractivity contribution in [3.05, 3.63) is 76.0 Å². The Bertz CT molecular complexity index is 1120. The number of aromatic nitrogens is 3. The second-order valence-electron chi connectivity index (χ2n) is 6.73. The standard InChI is InChI=1S/C22H20Cl2N4/c1-3-7-18-13-20(25-19-11-16(23)10-17(24)12-19)28-22(26-18)21(14(2)27-28)15-8-5-4-6-9-15/h4-6,8-13,25H,3,7H2,1-2H3. The van der Waals surface area contributed by atoms with E-state index >= 15 is 0 Å². The van der Waals surface area contributed by atoms with E-state index in [4.69, 9.17) is 33.3 Å². The molecule has 0 fully saturated rings. The molecule has 1 N–H and O–H groups in total. The van der Waals surface area contributed by atoms with E-state index in [2.05, 4.69) is 24.4 Å². The van der Waals surface area contributed by atoms with Crippen LogP contribution in [0.4, 0.5) is 11.5 Å². The van der Waals surface area contributed by atoms with Crippen LogP contribution in [-0.2, 0) is 6.42 Å². The fourth-order valence-electron chi connectivity index (χ4n) is 3.36. The minimum atomic E-state index is 0.579. The average molecular weight is 411 g/mol. The predicted octanol–water partition coefficient (Wildman–Crippen LogP) is 6.71. The molecule has 2 aromatic carbocycles. The number of hydrogen-bond donors (Lipinski definition) is 1. The van der Waals surface area contributed by atoms with Crippen LogP contribution in [0, 0.1) is 6.92 Å². The topological polar surface area (TPSA) is 42.2 Å². The SMILES string of the molecule is CCCc1cc(Nc2cc(Cl)cc(Cl)c2)n2nc(C)c(-c3ccccc3)c2n1. The zero-order valence-electron chi connectivity index (χ0n) is 15.7. The Labute approximate surface area is 174 Å². The third-order valence-corrected chi connectivity index (χ3v) is 4.96. The highest BCUT2D eigenvalue weighted by atomic mass is 35.5. The summed E-state index contributed by atoms with van der Waals surface area (Å²) in [7, 11) is 0. The number of fused-ring (bicyclic) bond motifs is 1. The summed E-state index contributed by atoms with van der Waals surface area (Å²) in [5, 5.41) is 9.33. The summed E-state index contributed by atoms with van der Waals surface area (Å²) in [6.45, 7) is 4.16. The zero-order chi connectivity index (χ0) is 19.7. The van der Waals surface area contributed by atoms with Gasteiger partial charge in [-0.25, -0.2) is 4.98 Å². The molecule has 4 aromatic rings. The molecule has 2 heterocycles. The Morgan fingerprint density at radius 2 is 1.71 bits per heavy atom. The van der Waals surface area contributed by atoms with Gasteiger partial charge in [0.15, 0.2) is 5.65 Å². The molecule has 0 aliphatic rings. The quantitative estimate of drug-likeness (QED) is 0.397. The first kappa shape index (κ1) is 18.8. The lowest BCUT2D eigenvalue weighted by Gasteiger charge is -2.11. The Kier molecular flexibility index (Phi) is 5.25. The van der Waals surface area contributed by atoms with Crippen molar-refractivity contribution in [3.8, 4) is 11.1 Å². The number of anilines is 2. The van der Waals surface area contributed by atoms with Crippen molar-refractivity contribution < 1.29 is 0 Å². The molecule has 4 nitrogen and oxygen atoms in total. The van der Waals surface area contributed by atoms with E-state index in [0.717, 1.165) is 52.5 Å². The van der Waals surface area contributed by atoms with Gasteiger partial charge in [-0.1, -0.05) is 66.9 Å². The van der Waals surface area contributed by atoms with Gasteiger partial charge < -0.3 is 5.32 Å². The van der Waals surface area contributed by atoms with Gasteiger partial charge in [0.05, 0.1) is 5.69 Å². The van der Waals surface area contributed by atoms with Crippen molar-refractivity contribution in [2.24, 2.45) is 0 Å². The van der Waals surface area contributed by atoms with E-state index in [-0.39, 0.29) is 0 Å².